The number of nitrogens with one attached hydrogen (secondary N) is 1. The van der Waals surface area contributed by atoms with Crippen LogP contribution in [0.2, 0.25) is 0 Å². The van der Waals surface area contributed by atoms with E-state index in [-0.39, 0.29) is 16.6 Å². The minimum absolute atomic E-state index is 0.0543. The van der Waals surface area contributed by atoms with Crippen LogP contribution < -0.4 is 11.3 Å². The number of anilines is 1. The molecule has 2 rings (SSSR count). The number of ether oxygens (including phenoxy) is 1. The fourth-order valence-electron chi connectivity index (χ4n) is 2.31. The molecule has 0 bridgehead atoms. The molecule has 1 saturated heterocycles. The predicted molar refractivity (Wildman–Crippen MR) is 83.1 cm³/mol. The van der Waals surface area contributed by atoms with Crippen molar-refractivity contribution in [3.63, 3.8) is 0 Å². The number of nitrogens with zero attached hydrogens (tertiary/aromatic N) is 2. The van der Waals surface area contributed by atoms with Crippen LogP contribution in [-0.4, -0.2) is 44.5 Å². The van der Waals surface area contributed by atoms with Gasteiger partial charge in [-0.1, -0.05) is 0 Å². The number of pyridine rings is 1. The molecular formula is C12H19BrN4O3S. The van der Waals surface area contributed by atoms with Gasteiger partial charge in [0.2, 0.25) is 10.0 Å². The van der Waals surface area contributed by atoms with E-state index in [1.807, 2.05) is 0 Å². The zero-order valence-electron chi connectivity index (χ0n) is 11.8. The SMILES string of the molecule is CN(CC1CCCOC1)S(=O)(=O)c1cc(Br)cnc1NN. The van der Waals surface area contributed by atoms with Gasteiger partial charge < -0.3 is 10.2 Å². The van der Waals surface area contributed by atoms with Crippen molar-refractivity contribution in [3.8, 4) is 0 Å². The summed E-state index contributed by atoms with van der Waals surface area (Å²) in [5.74, 6) is 5.70. The minimum atomic E-state index is -3.66. The molecule has 1 atom stereocenters. The first kappa shape index (κ1) is 16.6. The largest absolute Gasteiger partial charge is 0.381 e. The number of sulfonamides is 1. The van der Waals surface area contributed by atoms with Crippen molar-refractivity contribution < 1.29 is 13.2 Å². The Kier molecular flexibility index (Phi) is 5.55. The Bertz CT molecular complexity index is 590. The van der Waals surface area contributed by atoms with E-state index in [4.69, 9.17) is 10.6 Å². The fraction of sp³-hybridized carbons (Fsp3) is 0.583. The summed E-state index contributed by atoms with van der Waals surface area (Å²) in [5.41, 5.74) is 2.32. The summed E-state index contributed by atoms with van der Waals surface area (Å²) in [5, 5.41) is 0. The van der Waals surface area contributed by atoms with E-state index < -0.39 is 10.0 Å². The predicted octanol–water partition coefficient (Wildman–Crippen LogP) is 1.18. The lowest BCUT2D eigenvalue weighted by molar-refractivity contribution is 0.0495. The third-order valence-electron chi connectivity index (χ3n) is 3.41. The van der Waals surface area contributed by atoms with Crippen LogP contribution in [0.15, 0.2) is 21.6 Å². The molecule has 3 N–H and O–H groups in total. The minimum Gasteiger partial charge on any atom is -0.381 e. The van der Waals surface area contributed by atoms with E-state index in [1.54, 1.807) is 7.05 Å². The summed E-state index contributed by atoms with van der Waals surface area (Å²) in [7, 11) is -2.10. The monoisotopic (exact) mass is 378 g/mol. The van der Waals surface area contributed by atoms with Crippen molar-refractivity contribution in [2.75, 3.05) is 32.2 Å². The van der Waals surface area contributed by atoms with Crippen LogP contribution in [0.5, 0.6) is 0 Å². The van der Waals surface area contributed by atoms with Gasteiger partial charge in [-0.15, -0.1) is 0 Å². The van der Waals surface area contributed by atoms with E-state index in [0.717, 1.165) is 19.4 Å². The number of halogens is 1. The highest BCUT2D eigenvalue weighted by molar-refractivity contribution is 9.10. The maximum Gasteiger partial charge on any atom is 0.246 e. The Labute approximate surface area is 133 Å². The van der Waals surface area contributed by atoms with E-state index in [1.165, 1.54) is 16.6 Å². The van der Waals surface area contributed by atoms with Crippen molar-refractivity contribution in [2.24, 2.45) is 11.8 Å². The molecule has 0 aromatic carbocycles. The summed E-state index contributed by atoms with van der Waals surface area (Å²) in [6.07, 6.45) is 3.42. The number of rotatable bonds is 5. The smallest absolute Gasteiger partial charge is 0.246 e. The molecule has 0 radical (unpaired) electrons. The lowest BCUT2D eigenvalue weighted by atomic mass is 10.0. The highest BCUT2D eigenvalue weighted by Crippen LogP contribution is 2.26. The van der Waals surface area contributed by atoms with E-state index in [0.29, 0.717) is 17.6 Å². The van der Waals surface area contributed by atoms with Crippen molar-refractivity contribution >= 4 is 31.8 Å². The molecule has 1 unspecified atom stereocenters. The third kappa shape index (κ3) is 3.92. The second-order valence-electron chi connectivity index (χ2n) is 5.01. The first-order valence-corrected chi connectivity index (χ1v) is 8.84. The van der Waals surface area contributed by atoms with Crippen molar-refractivity contribution in [3.05, 3.63) is 16.7 Å². The summed E-state index contributed by atoms with van der Waals surface area (Å²) < 4.78 is 32.6. The van der Waals surface area contributed by atoms with Gasteiger partial charge >= 0.3 is 0 Å². The van der Waals surface area contributed by atoms with Crippen LogP contribution in [0.3, 0.4) is 0 Å². The maximum absolute atomic E-state index is 12.7. The Hall–Kier alpha value is -0.740. The third-order valence-corrected chi connectivity index (χ3v) is 5.68. The van der Waals surface area contributed by atoms with E-state index in [2.05, 4.69) is 26.3 Å². The second-order valence-corrected chi connectivity index (χ2v) is 7.94. The maximum atomic E-state index is 12.7. The highest BCUT2D eigenvalue weighted by Gasteiger charge is 2.28. The van der Waals surface area contributed by atoms with Crippen LogP contribution in [0.1, 0.15) is 12.8 Å². The van der Waals surface area contributed by atoms with Crippen LogP contribution >= 0.6 is 15.9 Å². The van der Waals surface area contributed by atoms with Gasteiger partial charge in [0.1, 0.15) is 4.90 Å². The van der Waals surface area contributed by atoms with Crippen LogP contribution in [0.4, 0.5) is 5.82 Å². The molecule has 7 nitrogen and oxygen atoms in total. The van der Waals surface area contributed by atoms with Gasteiger partial charge in [-0.05, 0) is 40.8 Å². The summed E-state index contributed by atoms with van der Waals surface area (Å²) in [4.78, 5) is 4.03. The average molecular weight is 379 g/mol. The molecule has 118 valence electrons. The quantitative estimate of drug-likeness (QED) is 0.589. The van der Waals surface area contributed by atoms with Gasteiger partial charge in [-0.3, -0.25) is 0 Å². The molecule has 9 heteroatoms. The summed E-state index contributed by atoms with van der Waals surface area (Å²) >= 11 is 3.23. The van der Waals surface area contributed by atoms with Crippen LogP contribution in [-0.2, 0) is 14.8 Å². The average Bonchev–Trinajstić information content (AvgIpc) is 2.48. The Balaban J connectivity index is 2.22. The molecule has 1 aliphatic rings. The first-order chi connectivity index (χ1) is 9.95. The topological polar surface area (TPSA) is 97.5 Å². The molecule has 0 saturated carbocycles. The number of nitrogens with two attached hydrogens (primary N) is 1. The van der Waals surface area contributed by atoms with Gasteiger partial charge in [0.15, 0.2) is 5.82 Å². The number of hydrogen-bond acceptors (Lipinski definition) is 6. The standard InChI is InChI=1S/C12H19BrN4O3S/c1-17(7-9-3-2-4-20-8-9)21(18,19)11-5-10(13)6-15-12(11)16-14/h5-6,9H,2-4,7-8,14H2,1H3,(H,15,16). The summed E-state index contributed by atoms with van der Waals surface area (Å²) in [6, 6.07) is 1.49. The van der Waals surface area contributed by atoms with Gasteiger partial charge in [0.05, 0.1) is 6.61 Å². The van der Waals surface area contributed by atoms with Crippen molar-refractivity contribution in [2.45, 2.75) is 17.7 Å². The van der Waals surface area contributed by atoms with Gasteiger partial charge in [0.25, 0.3) is 0 Å². The van der Waals surface area contributed by atoms with Crippen molar-refractivity contribution in [1.29, 1.82) is 0 Å². The highest BCUT2D eigenvalue weighted by atomic mass is 79.9. The van der Waals surface area contributed by atoms with Gasteiger partial charge in [-0.2, -0.15) is 0 Å². The van der Waals surface area contributed by atoms with E-state index in [9.17, 15) is 8.42 Å². The van der Waals surface area contributed by atoms with E-state index >= 15 is 0 Å². The van der Waals surface area contributed by atoms with Gasteiger partial charge in [0, 0.05) is 30.9 Å². The molecule has 1 fully saturated rings. The molecular weight excluding hydrogens is 360 g/mol. The normalized spacial score (nSPS) is 19.7. The molecule has 2 heterocycles. The summed E-state index contributed by atoms with van der Waals surface area (Å²) in [6.45, 7) is 1.77. The molecule has 1 aromatic rings. The molecule has 0 aliphatic carbocycles. The van der Waals surface area contributed by atoms with Crippen LogP contribution in [0, 0.1) is 5.92 Å². The molecule has 0 amide bonds. The zero-order valence-corrected chi connectivity index (χ0v) is 14.2. The number of nitrogen functional groups attached to an aromatic ring is 1. The Morgan fingerprint density at radius 3 is 3.00 bits per heavy atom. The molecule has 1 aromatic heterocycles. The van der Waals surface area contributed by atoms with Crippen LogP contribution in [0.25, 0.3) is 0 Å². The Morgan fingerprint density at radius 1 is 1.62 bits per heavy atom. The second kappa shape index (κ2) is 7.01. The fourth-order valence-corrected chi connectivity index (χ4v) is 4.16. The number of hydrazine groups is 1. The number of hydrogen-bond donors (Lipinski definition) is 2. The van der Waals surface area contributed by atoms with Gasteiger partial charge in [-0.25, -0.2) is 23.5 Å². The van der Waals surface area contributed by atoms with Crippen molar-refractivity contribution in [1.82, 2.24) is 9.29 Å². The lowest BCUT2D eigenvalue weighted by Crippen LogP contribution is -2.35. The molecule has 1 aliphatic heterocycles. The molecule has 21 heavy (non-hydrogen) atoms. The lowest BCUT2D eigenvalue weighted by Gasteiger charge is -2.27. The molecule has 0 spiro atoms. The first-order valence-electron chi connectivity index (χ1n) is 6.61. The number of aromatic nitrogens is 1. The zero-order chi connectivity index (χ0) is 15.5. The Morgan fingerprint density at radius 2 is 2.38 bits per heavy atom.